The predicted molar refractivity (Wildman–Crippen MR) is 85.7 cm³/mol. The van der Waals surface area contributed by atoms with Gasteiger partial charge in [0, 0.05) is 6.42 Å². The van der Waals surface area contributed by atoms with Crippen molar-refractivity contribution in [3.05, 3.63) is 60.2 Å². The molecule has 0 amide bonds. The molecule has 0 aliphatic carbocycles. The summed E-state index contributed by atoms with van der Waals surface area (Å²) in [4.78, 5) is 38.7. The fraction of sp³-hybridized carbons (Fsp3) is 0.143. The Labute approximate surface area is 137 Å². The van der Waals surface area contributed by atoms with Gasteiger partial charge in [-0.1, -0.05) is 30.3 Å². The number of rotatable bonds is 6. The first-order valence-electron chi connectivity index (χ1n) is 6.68. The normalized spacial score (nSPS) is 12.8. The molecule has 0 bridgehead atoms. The fourth-order valence-corrected chi connectivity index (χ4v) is 4.68. The van der Waals surface area contributed by atoms with Crippen molar-refractivity contribution in [2.24, 2.45) is 0 Å². The van der Waals surface area contributed by atoms with Crippen LogP contribution in [0.25, 0.3) is 0 Å². The first-order chi connectivity index (χ1) is 11.1. The summed E-state index contributed by atoms with van der Waals surface area (Å²) in [5.74, 6) is -0.334. The van der Waals surface area contributed by atoms with Crippen LogP contribution >= 0.6 is 15.2 Å². The Kier molecular flexibility index (Phi) is 5.20. The molecule has 2 rings (SSSR count). The van der Waals surface area contributed by atoms with Gasteiger partial charge in [0.05, 0.1) is 0 Å². The Morgan fingerprint density at radius 2 is 1.33 bits per heavy atom. The van der Waals surface area contributed by atoms with Gasteiger partial charge in [-0.15, -0.1) is 0 Å². The molecule has 2 aromatic rings. The maximum atomic E-state index is 12.0. The SMILES string of the molecule is O=P(O)(O)C(Cc1ccccc1)(Oc1ccc(O)cc1)P(=O)(O)O. The second-order valence-electron chi connectivity index (χ2n) is 5.09. The highest BCUT2D eigenvalue weighted by Crippen LogP contribution is 2.70. The standard InChI is InChI=1S/C14H16O8P2/c15-12-6-8-13(9-7-12)22-14(23(16,17)18,24(19,20)21)10-11-4-2-1-3-5-11/h1-9,15H,10H2,(H2,16,17,18)(H2,19,20,21). The minimum Gasteiger partial charge on any atom is -0.508 e. The molecule has 0 saturated heterocycles. The van der Waals surface area contributed by atoms with Crippen LogP contribution in [0.4, 0.5) is 0 Å². The van der Waals surface area contributed by atoms with E-state index in [0.717, 1.165) is 12.1 Å². The molecular formula is C14H16O8P2. The molecule has 8 nitrogen and oxygen atoms in total. The molecule has 130 valence electrons. The summed E-state index contributed by atoms with van der Waals surface area (Å²) in [6.07, 6.45) is -0.705. The average molecular weight is 374 g/mol. The molecule has 0 saturated carbocycles. The Morgan fingerprint density at radius 1 is 0.833 bits per heavy atom. The second-order valence-corrected chi connectivity index (χ2v) is 9.06. The minimum atomic E-state index is -5.42. The number of phenolic OH excluding ortho intramolecular Hbond substituents is 1. The summed E-state index contributed by atoms with van der Waals surface area (Å²) >= 11 is 0. The van der Waals surface area contributed by atoms with Crippen molar-refractivity contribution >= 4 is 15.2 Å². The lowest BCUT2D eigenvalue weighted by Crippen LogP contribution is -2.38. The quantitative estimate of drug-likeness (QED) is 0.483. The number of phenols is 1. The Bertz CT molecular complexity index is 756. The molecule has 24 heavy (non-hydrogen) atoms. The molecule has 5 N–H and O–H groups in total. The lowest BCUT2D eigenvalue weighted by molar-refractivity contribution is 0.152. The zero-order valence-corrected chi connectivity index (χ0v) is 14.0. The molecule has 0 aliphatic heterocycles. The molecule has 0 fully saturated rings. The molecule has 0 atom stereocenters. The van der Waals surface area contributed by atoms with Gasteiger partial charge in [-0.2, -0.15) is 0 Å². The van der Waals surface area contributed by atoms with Crippen molar-refractivity contribution in [2.45, 2.75) is 11.5 Å². The van der Waals surface area contributed by atoms with Crippen LogP contribution in [0, 0.1) is 0 Å². The number of aromatic hydroxyl groups is 1. The maximum absolute atomic E-state index is 12.0. The summed E-state index contributed by atoms with van der Waals surface area (Å²) in [6, 6.07) is 12.4. The summed E-state index contributed by atoms with van der Waals surface area (Å²) < 4.78 is 29.2. The number of hydrogen-bond donors (Lipinski definition) is 5. The van der Waals surface area contributed by atoms with Crippen LogP contribution in [-0.2, 0) is 15.6 Å². The van der Waals surface area contributed by atoms with E-state index in [1.165, 1.54) is 24.3 Å². The Morgan fingerprint density at radius 3 is 1.79 bits per heavy atom. The van der Waals surface area contributed by atoms with Gasteiger partial charge in [-0.3, -0.25) is 9.13 Å². The molecule has 0 aliphatic rings. The van der Waals surface area contributed by atoms with Crippen LogP contribution in [0.3, 0.4) is 0 Å². The van der Waals surface area contributed by atoms with Crippen LogP contribution in [0.1, 0.15) is 5.56 Å². The Balaban J connectivity index is 2.56. The molecule has 0 heterocycles. The summed E-state index contributed by atoms with van der Waals surface area (Å²) in [7, 11) is -10.8. The molecule has 0 unspecified atom stereocenters. The number of benzene rings is 2. The molecule has 0 aromatic heterocycles. The lowest BCUT2D eigenvalue weighted by atomic mass is 10.1. The van der Waals surface area contributed by atoms with Gasteiger partial charge in [0.15, 0.2) is 0 Å². The number of ether oxygens (including phenoxy) is 1. The molecule has 10 heteroatoms. The monoisotopic (exact) mass is 374 g/mol. The first-order valence-corrected chi connectivity index (χ1v) is 9.91. The fourth-order valence-electron chi connectivity index (χ4n) is 2.10. The molecule has 0 spiro atoms. The van der Waals surface area contributed by atoms with Crippen molar-refractivity contribution in [3.63, 3.8) is 0 Å². The minimum absolute atomic E-state index is 0.136. The highest BCUT2D eigenvalue weighted by Gasteiger charge is 2.63. The zero-order valence-electron chi connectivity index (χ0n) is 12.3. The molecular weight excluding hydrogens is 358 g/mol. The molecule has 2 aromatic carbocycles. The summed E-state index contributed by atoms with van der Waals surface area (Å²) in [5, 5.41) is 6.18. The van der Waals surface area contributed by atoms with Crippen molar-refractivity contribution in [1.82, 2.24) is 0 Å². The smallest absolute Gasteiger partial charge is 0.381 e. The summed E-state index contributed by atoms with van der Waals surface area (Å²) in [6.45, 7) is 0. The van der Waals surface area contributed by atoms with E-state index >= 15 is 0 Å². The van der Waals surface area contributed by atoms with Crippen molar-refractivity contribution in [1.29, 1.82) is 0 Å². The van der Waals surface area contributed by atoms with Gasteiger partial charge in [0.25, 0.3) is 0 Å². The van der Waals surface area contributed by atoms with E-state index in [1.807, 2.05) is 0 Å². The van der Waals surface area contributed by atoms with Gasteiger partial charge < -0.3 is 29.4 Å². The van der Waals surface area contributed by atoms with Crippen molar-refractivity contribution < 1.29 is 38.5 Å². The third kappa shape index (κ3) is 3.87. The highest BCUT2D eigenvalue weighted by molar-refractivity contribution is 7.72. The maximum Gasteiger partial charge on any atom is 0.381 e. The van der Waals surface area contributed by atoms with Gasteiger partial charge in [0.1, 0.15) is 11.5 Å². The van der Waals surface area contributed by atoms with Crippen LogP contribution < -0.4 is 4.74 Å². The van der Waals surface area contributed by atoms with Crippen molar-refractivity contribution in [3.8, 4) is 11.5 Å². The van der Waals surface area contributed by atoms with Crippen molar-refractivity contribution in [2.75, 3.05) is 0 Å². The average Bonchev–Trinajstić information content (AvgIpc) is 2.47. The van der Waals surface area contributed by atoms with E-state index in [0.29, 0.717) is 0 Å². The second kappa shape index (κ2) is 6.69. The van der Waals surface area contributed by atoms with E-state index in [2.05, 4.69) is 0 Å². The largest absolute Gasteiger partial charge is 0.508 e. The predicted octanol–water partition coefficient (Wildman–Crippen LogP) is 2.02. The zero-order chi connectivity index (χ0) is 18.0. The first kappa shape index (κ1) is 18.7. The van der Waals surface area contributed by atoms with Crippen LogP contribution in [0.5, 0.6) is 11.5 Å². The van der Waals surface area contributed by atoms with E-state index in [1.54, 1.807) is 18.2 Å². The third-order valence-corrected chi connectivity index (χ3v) is 7.19. The van der Waals surface area contributed by atoms with Gasteiger partial charge >= 0.3 is 20.3 Å². The van der Waals surface area contributed by atoms with Crippen LogP contribution in [-0.4, -0.2) is 29.8 Å². The van der Waals surface area contributed by atoms with Crippen LogP contribution in [0.2, 0.25) is 0 Å². The van der Waals surface area contributed by atoms with Crippen LogP contribution in [0.15, 0.2) is 54.6 Å². The lowest BCUT2D eigenvalue weighted by Gasteiger charge is -2.34. The topological polar surface area (TPSA) is 145 Å². The summed E-state index contributed by atoms with van der Waals surface area (Å²) in [5.41, 5.74) is 0.280. The van der Waals surface area contributed by atoms with Gasteiger partial charge in [-0.05, 0) is 29.8 Å². The van der Waals surface area contributed by atoms with Gasteiger partial charge in [0.2, 0.25) is 0 Å². The Hall–Kier alpha value is -1.66. The number of hydrogen-bond acceptors (Lipinski definition) is 4. The van der Waals surface area contributed by atoms with E-state index in [9.17, 15) is 33.8 Å². The van der Waals surface area contributed by atoms with Gasteiger partial charge in [-0.25, -0.2) is 0 Å². The van der Waals surface area contributed by atoms with E-state index in [-0.39, 0.29) is 17.1 Å². The molecule has 0 radical (unpaired) electrons. The van der Waals surface area contributed by atoms with E-state index < -0.39 is 26.7 Å². The van der Waals surface area contributed by atoms with E-state index in [4.69, 9.17) is 4.74 Å². The third-order valence-electron chi connectivity index (χ3n) is 3.31. The highest BCUT2D eigenvalue weighted by atomic mass is 31.2.